The Hall–Kier alpha value is -1.46. The first kappa shape index (κ1) is 14.0. The van der Waals surface area contributed by atoms with Crippen LogP contribution in [0.1, 0.15) is 12.1 Å². The summed E-state index contributed by atoms with van der Waals surface area (Å²) in [5.74, 6) is 0.299. The minimum Gasteiger partial charge on any atom is -0.383 e. The van der Waals surface area contributed by atoms with Crippen molar-refractivity contribution in [3.63, 3.8) is 0 Å². The molecule has 5 nitrogen and oxygen atoms in total. The van der Waals surface area contributed by atoms with Gasteiger partial charge in [-0.2, -0.15) is 0 Å². The quantitative estimate of drug-likeness (QED) is 0.819. The number of nitrogens with zero attached hydrogens (tertiary/aromatic N) is 2. The van der Waals surface area contributed by atoms with Gasteiger partial charge in [0.05, 0.1) is 24.8 Å². The minimum atomic E-state index is 0.0977. The molecule has 0 aromatic carbocycles. The van der Waals surface area contributed by atoms with Gasteiger partial charge in [0.1, 0.15) is 0 Å². The maximum atomic E-state index is 12.5. The first-order valence-electron chi connectivity index (χ1n) is 6.69. The van der Waals surface area contributed by atoms with E-state index in [1.165, 1.54) is 0 Å². The molecule has 1 aliphatic rings. The fourth-order valence-corrected chi connectivity index (χ4v) is 2.28. The summed E-state index contributed by atoms with van der Waals surface area (Å²) in [6, 6.07) is 5.77. The van der Waals surface area contributed by atoms with E-state index in [-0.39, 0.29) is 11.8 Å². The van der Waals surface area contributed by atoms with Gasteiger partial charge in [-0.3, -0.25) is 9.78 Å². The minimum absolute atomic E-state index is 0.0977. The molecule has 0 bridgehead atoms. The zero-order chi connectivity index (χ0) is 13.5. The lowest BCUT2D eigenvalue weighted by Crippen LogP contribution is -2.38. The molecule has 104 valence electrons. The number of nitrogens with one attached hydrogen (secondary N) is 1. The zero-order valence-electron chi connectivity index (χ0n) is 11.3. The van der Waals surface area contributed by atoms with Crippen LogP contribution in [0.5, 0.6) is 0 Å². The maximum absolute atomic E-state index is 12.5. The molecule has 1 N–H and O–H groups in total. The first-order valence-corrected chi connectivity index (χ1v) is 6.69. The largest absolute Gasteiger partial charge is 0.383 e. The normalized spacial score (nSPS) is 18.5. The van der Waals surface area contributed by atoms with Gasteiger partial charge >= 0.3 is 0 Å². The van der Waals surface area contributed by atoms with Crippen LogP contribution in [-0.2, 0) is 16.1 Å². The SMILES string of the molecule is COCCN(Cc1ccccn1)C(=O)C1CCNC1. The van der Waals surface area contributed by atoms with E-state index in [1.807, 2.05) is 23.1 Å². The van der Waals surface area contributed by atoms with Crippen molar-refractivity contribution in [2.45, 2.75) is 13.0 Å². The third kappa shape index (κ3) is 4.01. The van der Waals surface area contributed by atoms with Gasteiger partial charge in [0.15, 0.2) is 0 Å². The van der Waals surface area contributed by atoms with E-state index in [0.29, 0.717) is 19.7 Å². The van der Waals surface area contributed by atoms with Crippen LogP contribution in [0.2, 0.25) is 0 Å². The summed E-state index contributed by atoms with van der Waals surface area (Å²) in [5.41, 5.74) is 0.915. The Morgan fingerprint density at radius 1 is 1.58 bits per heavy atom. The number of pyridine rings is 1. The Morgan fingerprint density at radius 3 is 3.11 bits per heavy atom. The Morgan fingerprint density at radius 2 is 2.47 bits per heavy atom. The molecule has 1 aromatic rings. The second kappa shape index (κ2) is 7.21. The van der Waals surface area contributed by atoms with Crippen molar-refractivity contribution in [3.8, 4) is 0 Å². The molecule has 0 radical (unpaired) electrons. The Labute approximate surface area is 114 Å². The van der Waals surface area contributed by atoms with Crippen LogP contribution in [0, 0.1) is 5.92 Å². The Balaban J connectivity index is 2.00. The predicted molar refractivity (Wildman–Crippen MR) is 72.5 cm³/mol. The van der Waals surface area contributed by atoms with Gasteiger partial charge in [-0.05, 0) is 25.1 Å². The van der Waals surface area contributed by atoms with Crippen LogP contribution in [0.15, 0.2) is 24.4 Å². The molecule has 1 unspecified atom stereocenters. The molecule has 1 aromatic heterocycles. The van der Waals surface area contributed by atoms with Crippen LogP contribution in [0.25, 0.3) is 0 Å². The molecule has 2 rings (SSSR count). The third-order valence-electron chi connectivity index (χ3n) is 3.37. The lowest BCUT2D eigenvalue weighted by atomic mass is 10.1. The number of hydrogen-bond acceptors (Lipinski definition) is 4. The van der Waals surface area contributed by atoms with Gasteiger partial charge in [-0.15, -0.1) is 0 Å². The summed E-state index contributed by atoms with van der Waals surface area (Å²) in [4.78, 5) is 18.6. The van der Waals surface area contributed by atoms with E-state index in [2.05, 4.69) is 10.3 Å². The van der Waals surface area contributed by atoms with Crippen molar-refractivity contribution >= 4 is 5.91 Å². The molecule has 19 heavy (non-hydrogen) atoms. The van der Waals surface area contributed by atoms with Crippen LogP contribution in [-0.4, -0.2) is 49.1 Å². The molecule has 1 aliphatic heterocycles. The number of hydrogen-bond donors (Lipinski definition) is 1. The van der Waals surface area contributed by atoms with Crippen LogP contribution in [0.3, 0.4) is 0 Å². The molecular weight excluding hydrogens is 242 g/mol. The zero-order valence-corrected chi connectivity index (χ0v) is 11.3. The highest BCUT2D eigenvalue weighted by molar-refractivity contribution is 5.79. The number of carbonyl (C=O) groups excluding carboxylic acids is 1. The van der Waals surface area contributed by atoms with Crippen LogP contribution >= 0.6 is 0 Å². The van der Waals surface area contributed by atoms with Gasteiger partial charge < -0.3 is 15.0 Å². The highest BCUT2D eigenvalue weighted by Gasteiger charge is 2.27. The van der Waals surface area contributed by atoms with E-state index in [1.54, 1.807) is 13.3 Å². The average Bonchev–Trinajstić information content (AvgIpc) is 2.98. The van der Waals surface area contributed by atoms with Gasteiger partial charge in [-0.25, -0.2) is 0 Å². The highest BCUT2D eigenvalue weighted by atomic mass is 16.5. The summed E-state index contributed by atoms with van der Waals surface area (Å²) >= 11 is 0. The van der Waals surface area contributed by atoms with Gasteiger partial charge in [0, 0.05) is 26.4 Å². The smallest absolute Gasteiger partial charge is 0.227 e. The average molecular weight is 263 g/mol. The monoisotopic (exact) mass is 263 g/mol. The summed E-state index contributed by atoms with van der Waals surface area (Å²) in [7, 11) is 1.65. The van der Waals surface area contributed by atoms with E-state index >= 15 is 0 Å². The lowest BCUT2D eigenvalue weighted by Gasteiger charge is -2.24. The summed E-state index contributed by atoms with van der Waals surface area (Å²) in [6.45, 7) is 3.43. The number of amides is 1. The molecule has 0 saturated carbocycles. The second-order valence-corrected chi connectivity index (χ2v) is 4.76. The number of ether oxygens (including phenoxy) is 1. The number of methoxy groups -OCH3 is 1. The molecule has 1 amide bonds. The number of rotatable bonds is 6. The van der Waals surface area contributed by atoms with Crippen molar-refractivity contribution in [2.24, 2.45) is 5.92 Å². The second-order valence-electron chi connectivity index (χ2n) is 4.76. The van der Waals surface area contributed by atoms with Crippen molar-refractivity contribution in [1.82, 2.24) is 15.2 Å². The predicted octanol–water partition coefficient (Wildman–Crippen LogP) is 0.666. The first-order chi connectivity index (χ1) is 9.31. The molecule has 1 fully saturated rings. The van der Waals surface area contributed by atoms with Crippen molar-refractivity contribution < 1.29 is 9.53 Å². The summed E-state index contributed by atoms with van der Waals surface area (Å²) < 4.78 is 5.09. The van der Waals surface area contributed by atoms with E-state index in [4.69, 9.17) is 4.74 Å². The van der Waals surface area contributed by atoms with E-state index in [0.717, 1.165) is 25.2 Å². The van der Waals surface area contributed by atoms with Gasteiger partial charge in [0.2, 0.25) is 5.91 Å². The molecule has 1 saturated heterocycles. The highest BCUT2D eigenvalue weighted by Crippen LogP contribution is 2.13. The van der Waals surface area contributed by atoms with Gasteiger partial charge in [0.25, 0.3) is 0 Å². The Kier molecular flexibility index (Phi) is 5.30. The lowest BCUT2D eigenvalue weighted by molar-refractivity contribution is -0.136. The maximum Gasteiger partial charge on any atom is 0.227 e. The van der Waals surface area contributed by atoms with Crippen molar-refractivity contribution in [1.29, 1.82) is 0 Å². The van der Waals surface area contributed by atoms with Crippen molar-refractivity contribution in [3.05, 3.63) is 30.1 Å². The fourth-order valence-electron chi connectivity index (χ4n) is 2.28. The fraction of sp³-hybridized carbons (Fsp3) is 0.571. The standard InChI is InChI=1S/C14H21N3O2/c1-19-9-8-17(11-13-4-2-3-6-16-13)14(18)12-5-7-15-10-12/h2-4,6,12,15H,5,7-11H2,1H3. The number of carbonyl (C=O) groups is 1. The van der Waals surface area contributed by atoms with Crippen LogP contribution in [0.4, 0.5) is 0 Å². The van der Waals surface area contributed by atoms with E-state index < -0.39 is 0 Å². The van der Waals surface area contributed by atoms with Crippen LogP contribution < -0.4 is 5.32 Å². The molecule has 0 aliphatic carbocycles. The molecule has 2 heterocycles. The topological polar surface area (TPSA) is 54.5 Å². The summed E-state index contributed by atoms with van der Waals surface area (Å²) in [5, 5.41) is 3.23. The molecule has 5 heteroatoms. The third-order valence-corrected chi connectivity index (χ3v) is 3.37. The summed E-state index contributed by atoms with van der Waals surface area (Å²) in [6.07, 6.45) is 2.68. The molecule has 1 atom stereocenters. The molecular formula is C14H21N3O2. The Bertz CT molecular complexity index is 391. The van der Waals surface area contributed by atoms with E-state index in [9.17, 15) is 4.79 Å². The number of aromatic nitrogens is 1. The molecule has 0 spiro atoms. The van der Waals surface area contributed by atoms with Crippen molar-refractivity contribution in [2.75, 3.05) is 33.4 Å². The van der Waals surface area contributed by atoms with Gasteiger partial charge in [-0.1, -0.05) is 6.07 Å².